The summed E-state index contributed by atoms with van der Waals surface area (Å²) in [7, 11) is 0. The summed E-state index contributed by atoms with van der Waals surface area (Å²) in [5, 5.41) is 15.0. The molecule has 5 nitrogen and oxygen atoms in total. The van der Waals surface area contributed by atoms with Crippen LogP contribution in [-0.2, 0) is 10.3 Å². The second-order valence-corrected chi connectivity index (χ2v) is 4.93. The van der Waals surface area contributed by atoms with Crippen LogP contribution in [0.3, 0.4) is 0 Å². The van der Waals surface area contributed by atoms with Crippen molar-refractivity contribution in [2.45, 2.75) is 12.5 Å². The lowest BCUT2D eigenvalue weighted by Gasteiger charge is -2.30. The van der Waals surface area contributed by atoms with Crippen molar-refractivity contribution in [2.24, 2.45) is 11.7 Å². The molecule has 1 amide bonds. The standard InChI is InChI=1S/C13H18FN3O2/c1-8(19)17-10-2-3-12(14)11(4-10)13(15)7-16-5-9(13)6-18/h2-4,9,16,18H,5-7,15H2,1H3,(H,17,19). The van der Waals surface area contributed by atoms with Crippen LogP contribution in [0.4, 0.5) is 10.1 Å². The molecule has 5 N–H and O–H groups in total. The maximum atomic E-state index is 14.0. The number of aliphatic hydroxyl groups excluding tert-OH is 1. The summed E-state index contributed by atoms with van der Waals surface area (Å²) < 4.78 is 14.0. The number of halogens is 1. The van der Waals surface area contributed by atoms with E-state index >= 15 is 0 Å². The van der Waals surface area contributed by atoms with Gasteiger partial charge in [-0.05, 0) is 18.2 Å². The molecular formula is C13H18FN3O2. The lowest BCUT2D eigenvalue weighted by Crippen LogP contribution is -2.46. The molecule has 19 heavy (non-hydrogen) atoms. The third-order valence-corrected chi connectivity index (χ3v) is 3.55. The Hall–Kier alpha value is -1.50. The minimum Gasteiger partial charge on any atom is -0.396 e. The monoisotopic (exact) mass is 267 g/mol. The fourth-order valence-corrected chi connectivity index (χ4v) is 2.49. The van der Waals surface area contributed by atoms with E-state index in [0.717, 1.165) is 0 Å². The molecule has 1 heterocycles. The fourth-order valence-electron chi connectivity index (χ4n) is 2.49. The predicted molar refractivity (Wildman–Crippen MR) is 70.0 cm³/mol. The van der Waals surface area contributed by atoms with Gasteiger partial charge in [0, 0.05) is 43.8 Å². The molecule has 0 spiro atoms. The molecule has 0 radical (unpaired) electrons. The van der Waals surface area contributed by atoms with Gasteiger partial charge in [0.05, 0.1) is 5.54 Å². The largest absolute Gasteiger partial charge is 0.396 e. The number of anilines is 1. The van der Waals surface area contributed by atoms with Gasteiger partial charge in [0.1, 0.15) is 5.82 Å². The SMILES string of the molecule is CC(=O)Nc1ccc(F)c(C2(N)CNCC2CO)c1. The van der Waals surface area contributed by atoms with Crippen LogP contribution in [0.25, 0.3) is 0 Å². The molecule has 1 aromatic rings. The van der Waals surface area contributed by atoms with Crippen molar-refractivity contribution in [2.75, 3.05) is 25.0 Å². The Kier molecular flexibility index (Phi) is 3.84. The molecule has 1 fully saturated rings. The number of amides is 1. The summed E-state index contributed by atoms with van der Waals surface area (Å²) in [6.07, 6.45) is 0. The molecule has 104 valence electrons. The van der Waals surface area contributed by atoms with Crippen LogP contribution in [0, 0.1) is 11.7 Å². The summed E-state index contributed by atoms with van der Waals surface area (Å²) in [5.41, 5.74) is 6.10. The molecular weight excluding hydrogens is 249 g/mol. The second kappa shape index (κ2) is 5.24. The first-order chi connectivity index (χ1) is 8.97. The zero-order valence-corrected chi connectivity index (χ0v) is 10.7. The minimum absolute atomic E-state index is 0.118. The Balaban J connectivity index is 2.40. The van der Waals surface area contributed by atoms with Crippen LogP contribution >= 0.6 is 0 Å². The number of hydrogen-bond acceptors (Lipinski definition) is 4. The number of carbonyl (C=O) groups excluding carboxylic acids is 1. The summed E-state index contributed by atoms with van der Waals surface area (Å²) in [4.78, 5) is 11.0. The van der Waals surface area contributed by atoms with Crippen LogP contribution in [0.5, 0.6) is 0 Å². The van der Waals surface area contributed by atoms with Gasteiger partial charge in [0.2, 0.25) is 5.91 Å². The van der Waals surface area contributed by atoms with Gasteiger partial charge in [-0.2, -0.15) is 0 Å². The van der Waals surface area contributed by atoms with Gasteiger partial charge in [-0.25, -0.2) is 4.39 Å². The van der Waals surface area contributed by atoms with Crippen molar-refractivity contribution in [3.63, 3.8) is 0 Å². The van der Waals surface area contributed by atoms with Crippen molar-refractivity contribution < 1.29 is 14.3 Å². The van der Waals surface area contributed by atoms with E-state index in [-0.39, 0.29) is 18.4 Å². The van der Waals surface area contributed by atoms with Gasteiger partial charge in [0.25, 0.3) is 0 Å². The third-order valence-electron chi connectivity index (χ3n) is 3.55. The highest BCUT2D eigenvalue weighted by Gasteiger charge is 2.42. The lowest BCUT2D eigenvalue weighted by atomic mass is 9.81. The molecule has 0 bridgehead atoms. The molecule has 2 unspecified atom stereocenters. The topological polar surface area (TPSA) is 87.4 Å². The molecule has 1 aliphatic rings. The van der Waals surface area contributed by atoms with Gasteiger partial charge in [0.15, 0.2) is 0 Å². The van der Waals surface area contributed by atoms with Gasteiger partial charge in [-0.3, -0.25) is 4.79 Å². The van der Waals surface area contributed by atoms with E-state index in [0.29, 0.717) is 24.3 Å². The molecule has 1 saturated heterocycles. The molecule has 6 heteroatoms. The minimum atomic E-state index is -0.965. The Morgan fingerprint density at radius 1 is 1.68 bits per heavy atom. The van der Waals surface area contributed by atoms with Crippen molar-refractivity contribution in [1.82, 2.24) is 5.32 Å². The van der Waals surface area contributed by atoms with E-state index in [4.69, 9.17) is 5.73 Å². The van der Waals surface area contributed by atoms with Crippen LogP contribution in [0.1, 0.15) is 12.5 Å². The smallest absolute Gasteiger partial charge is 0.221 e. The summed E-state index contributed by atoms with van der Waals surface area (Å²) >= 11 is 0. The number of benzene rings is 1. The maximum absolute atomic E-state index is 14.0. The Morgan fingerprint density at radius 3 is 3.05 bits per heavy atom. The summed E-state index contributed by atoms with van der Waals surface area (Å²) in [6.45, 7) is 2.19. The number of nitrogens with two attached hydrogens (primary N) is 1. The van der Waals surface area contributed by atoms with E-state index < -0.39 is 11.4 Å². The normalized spacial score (nSPS) is 26.4. The van der Waals surface area contributed by atoms with Gasteiger partial charge >= 0.3 is 0 Å². The zero-order chi connectivity index (χ0) is 14.0. The first-order valence-electron chi connectivity index (χ1n) is 6.15. The second-order valence-electron chi connectivity index (χ2n) is 4.93. The van der Waals surface area contributed by atoms with Crippen molar-refractivity contribution in [3.05, 3.63) is 29.6 Å². The number of hydrogen-bond donors (Lipinski definition) is 4. The van der Waals surface area contributed by atoms with Crippen LogP contribution in [-0.4, -0.2) is 30.7 Å². The first kappa shape index (κ1) is 13.9. The zero-order valence-electron chi connectivity index (χ0n) is 10.7. The number of rotatable bonds is 3. The fraction of sp³-hybridized carbons (Fsp3) is 0.462. The quantitative estimate of drug-likeness (QED) is 0.628. The van der Waals surface area contributed by atoms with Crippen molar-refractivity contribution in [3.8, 4) is 0 Å². The van der Waals surface area contributed by atoms with E-state index in [2.05, 4.69) is 10.6 Å². The number of aliphatic hydroxyl groups is 1. The van der Waals surface area contributed by atoms with Crippen LogP contribution in [0.2, 0.25) is 0 Å². The number of nitrogens with one attached hydrogen (secondary N) is 2. The van der Waals surface area contributed by atoms with E-state index in [1.165, 1.54) is 25.1 Å². The first-order valence-corrected chi connectivity index (χ1v) is 6.15. The number of carbonyl (C=O) groups is 1. The molecule has 1 aromatic carbocycles. The third kappa shape index (κ3) is 2.60. The molecule has 2 rings (SSSR count). The lowest BCUT2D eigenvalue weighted by molar-refractivity contribution is -0.114. The summed E-state index contributed by atoms with van der Waals surface area (Å²) in [6, 6.07) is 4.30. The van der Waals surface area contributed by atoms with Crippen LogP contribution < -0.4 is 16.4 Å². The van der Waals surface area contributed by atoms with Crippen molar-refractivity contribution in [1.29, 1.82) is 0 Å². The van der Waals surface area contributed by atoms with E-state index in [9.17, 15) is 14.3 Å². The highest BCUT2D eigenvalue weighted by Crippen LogP contribution is 2.33. The average molecular weight is 267 g/mol. The van der Waals surface area contributed by atoms with Gasteiger partial charge in [-0.1, -0.05) is 0 Å². The average Bonchev–Trinajstić information content (AvgIpc) is 2.73. The van der Waals surface area contributed by atoms with Gasteiger partial charge < -0.3 is 21.5 Å². The van der Waals surface area contributed by atoms with Crippen LogP contribution in [0.15, 0.2) is 18.2 Å². The Labute approximate surface area is 111 Å². The van der Waals surface area contributed by atoms with E-state index in [1.54, 1.807) is 0 Å². The van der Waals surface area contributed by atoms with Crippen molar-refractivity contribution >= 4 is 11.6 Å². The Morgan fingerprint density at radius 2 is 2.42 bits per heavy atom. The Bertz CT molecular complexity index is 495. The summed E-state index contributed by atoms with van der Waals surface area (Å²) in [5.74, 6) is -0.916. The molecule has 0 saturated carbocycles. The highest BCUT2D eigenvalue weighted by molar-refractivity contribution is 5.88. The molecule has 1 aliphatic heterocycles. The highest BCUT2D eigenvalue weighted by atomic mass is 19.1. The van der Waals surface area contributed by atoms with Gasteiger partial charge in [-0.15, -0.1) is 0 Å². The molecule has 0 aromatic heterocycles. The molecule has 0 aliphatic carbocycles. The van der Waals surface area contributed by atoms with E-state index in [1.807, 2.05) is 0 Å². The molecule has 2 atom stereocenters. The maximum Gasteiger partial charge on any atom is 0.221 e. The predicted octanol–water partition coefficient (Wildman–Crippen LogP) is 0.150.